The first kappa shape index (κ1) is 25.6. The molecule has 3 aromatic carbocycles. The Morgan fingerprint density at radius 2 is 1.89 bits per heavy atom. The first-order chi connectivity index (χ1) is 16.8. The zero-order valence-electron chi connectivity index (χ0n) is 18.3. The monoisotopic (exact) mass is 594 g/mol. The van der Waals surface area contributed by atoms with Gasteiger partial charge in [-0.05, 0) is 94.8 Å². The molecule has 0 spiro atoms. The molecule has 1 saturated heterocycles. The van der Waals surface area contributed by atoms with E-state index in [-0.39, 0.29) is 18.3 Å². The van der Waals surface area contributed by atoms with Crippen molar-refractivity contribution in [3.63, 3.8) is 0 Å². The number of nitrogens with zero attached hydrogens (tertiary/aromatic N) is 1. The minimum atomic E-state index is -0.350. The van der Waals surface area contributed by atoms with Gasteiger partial charge in [0.15, 0.2) is 16.7 Å². The molecule has 4 rings (SSSR count). The van der Waals surface area contributed by atoms with Crippen molar-refractivity contribution < 1.29 is 18.7 Å². The van der Waals surface area contributed by atoms with Gasteiger partial charge in [0.1, 0.15) is 12.4 Å². The Kier molecular flexibility index (Phi) is 8.38. The van der Waals surface area contributed by atoms with E-state index in [0.717, 1.165) is 11.1 Å². The van der Waals surface area contributed by atoms with Gasteiger partial charge in [-0.25, -0.2) is 9.38 Å². The molecule has 3 aromatic rings. The number of carbonyl (C=O) groups excluding carboxylic acids is 1. The predicted octanol–water partition coefficient (Wildman–Crippen LogP) is 7.76. The first-order valence-corrected chi connectivity index (χ1v) is 12.8. The van der Waals surface area contributed by atoms with Crippen LogP contribution >= 0.6 is 50.9 Å². The van der Waals surface area contributed by atoms with Gasteiger partial charge in [0.25, 0.3) is 5.91 Å². The number of hydrogen-bond donors (Lipinski definition) is 1. The number of thioether (sulfide) groups is 1. The van der Waals surface area contributed by atoms with Gasteiger partial charge in [-0.2, -0.15) is 0 Å². The Morgan fingerprint density at radius 1 is 1.11 bits per heavy atom. The van der Waals surface area contributed by atoms with E-state index in [1.807, 2.05) is 13.0 Å². The van der Waals surface area contributed by atoms with Crippen LogP contribution in [0.15, 0.2) is 69.0 Å². The van der Waals surface area contributed by atoms with Crippen LogP contribution in [0.5, 0.6) is 11.5 Å². The molecule has 0 unspecified atom stereocenters. The minimum Gasteiger partial charge on any atom is -0.490 e. The van der Waals surface area contributed by atoms with Crippen LogP contribution in [0.2, 0.25) is 10.0 Å². The molecule has 1 N–H and O–H groups in total. The Hall–Kier alpha value is -2.52. The fourth-order valence-electron chi connectivity index (χ4n) is 3.13. The van der Waals surface area contributed by atoms with Gasteiger partial charge in [-0.15, -0.1) is 0 Å². The highest BCUT2D eigenvalue weighted by Crippen LogP contribution is 2.39. The van der Waals surface area contributed by atoms with Crippen LogP contribution in [0, 0.1) is 5.82 Å². The van der Waals surface area contributed by atoms with Crippen molar-refractivity contribution in [2.75, 3.05) is 6.61 Å². The molecule has 10 heteroatoms. The summed E-state index contributed by atoms with van der Waals surface area (Å²) in [5.74, 6) is 0.407. The summed E-state index contributed by atoms with van der Waals surface area (Å²) in [5.41, 5.74) is 2.06. The molecular weight excluding hydrogens is 578 g/mol. The minimum absolute atomic E-state index is 0.219. The molecule has 1 fully saturated rings. The molecule has 0 saturated carbocycles. The highest BCUT2D eigenvalue weighted by Gasteiger charge is 2.24. The summed E-state index contributed by atoms with van der Waals surface area (Å²) in [7, 11) is 0. The van der Waals surface area contributed by atoms with Gasteiger partial charge >= 0.3 is 0 Å². The van der Waals surface area contributed by atoms with Crippen molar-refractivity contribution in [1.82, 2.24) is 5.32 Å². The summed E-state index contributed by atoms with van der Waals surface area (Å²) in [6, 6.07) is 14.5. The average molecular weight is 596 g/mol. The standard InChI is InChI=1S/C25H18BrCl2FN2O3S/c1-2-33-21-10-14(9-19(26)23(21)34-13-15-3-4-16(27)12-20(15)28)11-22-24(32)31-25(35-22)30-18-7-5-17(29)6-8-18/h3-12H,2,13H2,1H3,(H,30,31,32)/b22-11+. The number of amidine groups is 1. The highest BCUT2D eigenvalue weighted by molar-refractivity contribution is 9.10. The quantitative estimate of drug-likeness (QED) is 0.284. The molecule has 1 amide bonds. The topological polar surface area (TPSA) is 59.9 Å². The van der Waals surface area contributed by atoms with Crippen LogP contribution in [0.1, 0.15) is 18.1 Å². The number of ether oxygens (including phenoxy) is 2. The Bertz CT molecular complexity index is 1330. The van der Waals surface area contributed by atoms with Crippen molar-refractivity contribution in [2.45, 2.75) is 13.5 Å². The van der Waals surface area contributed by atoms with Crippen LogP contribution in [-0.4, -0.2) is 17.7 Å². The molecule has 5 nitrogen and oxygen atoms in total. The number of aliphatic imine (C=N–C) groups is 1. The molecule has 180 valence electrons. The second kappa shape index (κ2) is 11.5. The van der Waals surface area contributed by atoms with Crippen LogP contribution < -0.4 is 14.8 Å². The SMILES string of the molecule is CCOc1cc(/C=C2/SC(=Nc3ccc(F)cc3)NC2=O)cc(Br)c1OCc1ccc(Cl)cc1Cl. The number of benzene rings is 3. The lowest BCUT2D eigenvalue weighted by Gasteiger charge is -2.15. The van der Waals surface area contributed by atoms with Gasteiger partial charge in [0.05, 0.1) is 21.7 Å². The van der Waals surface area contributed by atoms with Crippen LogP contribution in [-0.2, 0) is 11.4 Å². The van der Waals surface area contributed by atoms with Gasteiger partial charge in [-0.3, -0.25) is 4.79 Å². The van der Waals surface area contributed by atoms with Crippen LogP contribution in [0.4, 0.5) is 10.1 Å². The summed E-state index contributed by atoms with van der Waals surface area (Å²) in [6.07, 6.45) is 1.74. The van der Waals surface area contributed by atoms with Gasteiger partial charge < -0.3 is 14.8 Å². The maximum Gasteiger partial charge on any atom is 0.264 e. The molecule has 0 aromatic heterocycles. The Morgan fingerprint density at radius 3 is 2.60 bits per heavy atom. The van der Waals surface area contributed by atoms with Crippen molar-refractivity contribution in [1.29, 1.82) is 0 Å². The fraction of sp³-hybridized carbons (Fsp3) is 0.120. The molecule has 0 atom stereocenters. The summed E-state index contributed by atoms with van der Waals surface area (Å²) in [6.45, 7) is 2.52. The second-order valence-electron chi connectivity index (χ2n) is 7.25. The number of hydrogen-bond acceptors (Lipinski definition) is 5. The molecule has 0 aliphatic carbocycles. The van der Waals surface area contributed by atoms with Crippen LogP contribution in [0.3, 0.4) is 0 Å². The lowest BCUT2D eigenvalue weighted by atomic mass is 10.1. The maximum absolute atomic E-state index is 13.1. The van der Waals surface area contributed by atoms with Gasteiger partial charge in [0, 0.05) is 15.6 Å². The van der Waals surface area contributed by atoms with E-state index in [1.54, 1.807) is 30.3 Å². The lowest BCUT2D eigenvalue weighted by molar-refractivity contribution is -0.115. The van der Waals surface area contributed by atoms with Crippen molar-refractivity contribution in [2.24, 2.45) is 4.99 Å². The molecular formula is C25H18BrCl2FN2O3S. The van der Waals surface area contributed by atoms with Crippen molar-refractivity contribution in [3.8, 4) is 11.5 Å². The van der Waals surface area contributed by atoms with E-state index in [4.69, 9.17) is 32.7 Å². The smallest absolute Gasteiger partial charge is 0.264 e. The Labute approximate surface area is 224 Å². The zero-order chi connectivity index (χ0) is 24.9. The molecule has 1 aliphatic rings. The summed E-state index contributed by atoms with van der Waals surface area (Å²) >= 11 is 17.0. The van der Waals surface area contributed by atoms with Gasteiger partial charge in [-0.1, -0.05) is 29.3 Å². The van der Waals surface area contributed by atoms with E-state index in [0.29, 0.717) is 48.4 Å². The molecule has 1 aliphatic heterocycles. The fourth-order valence-corrected chi connectivity index (χ4v) is 5.01. The predicted molar refractivity (Wildman–Crippen MR) is 143 cm³/mol. The largest absolute Gasteiger partial charge is 0.490 e. The summed E-state index contributed by atoms with van der Waals surface area (Å²) < 4.78 is 25.6. The third-order valence-corrected chi connectivity index (χ3v) is 6.81. The van der Waals surface area contributed by atoms with E-state index in [9.17, 15) is 9.18 Å². The van der Waals surface area contributed by atoms with Crippen molar-refractivity contribution >= 4 is 73.7 Å². The van der Waals surface area contributed by atoms with Crippen LogP contribution in [0.25, 0.3) is 6.08 Å². The molecule has 1 heterocycles. The first-order valence-electron chi connectivity index (χ1n) is 10.4. The maximum atomic E-state index is 13.1. The number of nitrogens with one attached hydrogen (secondary N) is 1. The summed E-state index contributed by atoms with van der Waals surface area (Å²) in [5, 5.41) is 4.19. The van der Waals surface area contributed by atoms with E-state index in [1.165, 1.54) is 36.0 Å². The van der Waals surface area contributed by atoms with E-state index in [2.05, 4.69) is 26.2 Å². The summed E-state index contributed by atoms with van der Waals surface area (Å²) in [4.78, 5) is 17.3. The Balaban J connectivity index is 1.56. The number of halogens is 4. The number of amides is 1. The zero-order valence-corrected chi connectivity index (χ0v) is 22.2. The lowest BCUT2D eigenvalue weighted by Crippen LogP contribution is -2.19. The molecule has 0 bridgehead atoms. The number of rotatable bonds is 7. The molecule has 35 heavy (non-hydrogen) atoms. The van der Waals surface area contributed by atoms with E-state index >= 15 is 0 Å². The van der Waals surface area contributed by atoms with Gasteiger partial charge in [0.2, 0.25) is 0 Å². The second-order valence-corrected chi connectivity index (χ2v) is 9.97. The normalized spacial score (nSPS) is 15.5. The molecule has 0 radical (unpaired) electrons. The average Bonchev–Trinajstić information content (AvgIpc) is 3.14. The highest BCUT2D eigenvalue weighted by atomic mass is 79.9. The van der Waals surface area contributed by atoms with Crippen molar-refractivity contribution in [3.05, 3.63) is 91.0 Å². The van der Waals surface area contributed by atoms with E-state index < -0.39 is 0 Å². The third-order valence-electron chi connectivity index (χ3n) is 4.72. The third kappa shape index (κ3) is 6.58. The number of carbonyl (C=O) groups is 1.